The number of aliphatic imine (C=N–C) groups is 1. The van der Waals surface area contributed by atoms with Crippen LogP contribution in [0.15, 0.2) is 4.99 Å². The number of piperidine rings is 1. The first-order valence-corrected chi connectivity index (χ1v) is 8.02. The molecule has 0 aromatic carbocycles. The first-order chi connectivity index (χ1) is 10.6. The van der Waals surface area contributed by atoms with Gasteiger partial charge in [0.05, 0.1) is 5.60 Å². The van der Waals surface area contributed by atoms with Gasteiger partial charge < -0.3 is 25.4 Å². The lowest BCUT2D eigenvalue weighted by Gasteiger charge is -2.37. The SMILES string of the molecule is CN=C(NCC1(O)CCC1)NC1CCN(C(=O)COC)CC1.I. The predicted molar refractivity (Wildman–Crippen MR) is 100 cm³/mol. The summed E-state index contributed by atoms with van der Waals surface area (Å²) in [5, 5.41) is 16.7. The van der Waals surface area contributed by atoms with Crippen molar-refractivity contribution in [2.75, 3.05) is 40.4 Å². The van der Waals surface area contributed by atoms with E-state index in [0.717, 1.165) is 51.2 Å². The van der Waals surface area contributed by atoms with Gasteiger partial charge >= 0.3 is 0 Å². The number of guanidine groups is 1. The van der Waals surface area contributed by atoms with Crippen LogP contribution < -0.4 is 10.6 Å². The zero-order valence-corrected chi connectivity index (χ0v) is 16.3. The molecule has 0 aromatic heterocycles. The molecule has 134 valence electrons. The minimum atomic E-state index is -0.562. The van der Waals surface area contributed by atoms with Crippen molar-refractivity contribution in [1.29, 1.82) is 0 Å². The summed E-state index contributed by atoms with van der Waals surface area (Å²) in [7, 11) is 3.27. The number of carbonyl (C=O) groups is 1. The summed E-state index contributed by atoms with van der Waals surface area (Å²) in [6, 6.07) is 0.300. The third-order valence-electron chi connectivity index (χ3n) is 4.55. The van der Waals surface area contributed by atoms with Gasteiger partial charge in [-0.15, -0.1) is 24.0 Å². The Morgan fingerprint density at radius 2 is 2.04 bits per heavy atom. The maximum absolute atomic E-state index is 11.8. The van der Waals surface area contributed by atoms with E-state index in [0.29, 0.717) is 12.6 Å². The van der Waals surface area contributed by atoms with Crippen molar-refractivity contribution >= 4 is 35.8 Å². The normalized spacial score (nSPS) is 21.2. The Hall–Kier alpha value is -0.610. The summed E-state index contributed by atoms with van der Waals surface area (Å²) in [6.07, 6.45) is 4.59. The van der Waals surface area contributed by atoms with E-state index in [4.69, 9.17) is 4.74 Å². The highest BCUT2D eigenvalue weighted by molar-refractivity contribution is 14.0. The number of nitrogens with zero attached hydrogens (tertiary/aromatic N) is 2. The van der Waals surface area contributed by atoms with Gasteiger partial charge in [0.2, 0.25) is 5.91 Å². The maximum atomic E-state index is 11.8. The summed E-state index contributed by atoms with van der Waals surface area (Å²) < 4.78 is 4.89. The highest BCUT2D eigenvalue weighted by atomic mass is 127. The van der Waals surface area contributed by atoms with Gasteiger partial charge in [0, 0.05) is 39.8 Å². The second-order valence-corrected chi connectivity index (χ2v) is 6.24. The fourth-order valence-electron chi connectivity index (χ4n) is 2.89. The molecule has 1 aliphatic heterocycles. The molecule has 8 heteroatoms. The van der Waals surface area contributed by atoms with Crippen LogP contribution in [0.25, 0.3) is 0 Å². The van der Waals surface area contributed by atoms with Crippen molar-refractivity contribution in [2.45, 2.75) is 43.7 Å². The molecule has 1 amide bonds. The summed E-state index contributed by atoms with van der Waals surface area (Å²) in [5.74, 6) is 0.776. The average molecular weight is 440 g/mol. The number of nitrogens with one attached hydrogen (secondary N) is 2. The Morgan fingerprint density at radius 1 is 1.39 bits per heavy atom. The Balaban J connectivity index is 0.00000264. The molecule has 1 saturated carbocycles. The van der Waals surface area contributed by atoms with Gasteiger partial charge in [-0.3, -0.25) is 9.79 Å². The van der Waals surface area contributed by atoms with E-state index in [1.807, 2.05) is 4.90 Å². The topological polar surface area (TPSA) is 86.2 Å². The molecule has 0 aromatic rings. The second-order valence-electron chi connectivity index (χ2n) is 6.24. The first-order valence-electron chi connectivity index (χ1n) is 8.02. The van der Waals surface area contributed by atoms with Crippen LogP contribution in [0.2, 0.25) is 0 Å². The van der Waals surface area contributed by atoms with Crippen molar-refractivity contribution in [3.63, 3.8) is 0 Å². The van der Waals surface area contributed by atoms with E-state index in [1.165, 1.54) is 7.11 Å². The molecular formula is C15H29IN4O3. The Kier molecular flexibility index (Phi) is 8.56. The van der Waals surface area contributed by atoms with Gasteiger partial charge in [-0.2, -0.15) is 0 Å². The van der Waals surface area contributed by atoms with E-state index in [-0.39, 0.29) is 36.5 Å². The zero-order valence-electron chi connectivity index (χ0n) is 14.0. The van der Waals surface area contributed by atoms with Crippen molar-refractivity contribution < 1.29 is 14.6 Å². The second kappa shape index (κ2) is 9.63. The van der Waals surface area contributed by atoms with Crippen LogP contribution in [0.5, 0.6) is 0 Å². The lowest BCUT2D eigenvalue weighted by Crippen LogP contribution is -2.54. The Labute approximate surface area is 155 Å². The number of methoxy groups -OCH3 is 1. The molecule has 7 nitrogen and oxygen atoms in total. The van der Waals surface area contributed by atoms with Crippen LogP contribution in [0.4, 0.5) is 0 Å². The Morgan fingerprint density at radius 3 is 2.52 bits per heavy atom. The molecule has 1 saturated heterocycles. The van der Waals surface area contributed by atoms with Crippen LogP contribution in [-0.2, 0) is 9.53 Å². The fourth-order valence-corrected chi connectivity index (χ4v) is 2.89. The van der Waals surface area contributed by atoms with Crippen molar-refractivity contribution in [3.05, 3.63) is 0 Å². The van der Waals surface area contributed by atoms with Gasteiger partial charge in [0.15, 0.2) is 5.96 Å². The van der Waals surface area contributed by atoms with Crippen LogP contribution in [-0.4, -0.2) is 73.9 Å². The van der Waals surface area contributed by atoms with Crippen molar-refractivity contribution in [3.8, 4) is 0 Å². The molecule has 2 fully saturated rings. The highest BCUT2D eigenvalue weighted by Crippen LogP contribution is 2.30. The minimum Gasteiger partial charge on any atom is -0.388 e. The van der Waals surface area contributed by atoms with Gasteiger partial charge in [0.25, 0.3) is 0 Å². The molecule has 0 spiro atoms. The third-order valence-corrected chi connectivity index (χ3v) is 4.55. The third kappa shape index (κ3) is 6.07. The summed E-state index contributed by atoms with van der Waals surface area (Å²) in [5.41, 5.74) is -0.562. The number of carbonyl (C=O) groups excluding carboxylic acids is 1. The van der Waals surface area contributed by atoms with Gasteiger partial charge in [-0.25, -0.2) is 0 Å². The van der Waals surface area contributed by atoms with Crippen LogP contribution in [0, 0.1) is 0 Å². The number of hydrogen-bond acceptors (Lipinski definition) is 4. The molecular weight excluding hydrogens is 411 g/mol. The first kappa shape index (κ1) is 20.4. The minimum absolute atomic E-state index is 0. The molecule has 1 heterocycles. The number of hydrogen-bond donors (Lipinski definition) is 3. The van der Waals surface area contributed by atoms with E-state index in [2.05, 4.69) is 15.6 Å². The summed E-state index contributed by atoms with van der Waals surface area (Å²) in [4.78, 5) is 17.8. The van der Waals surface area contributed by atoms with E-state index >= 15 is 0 Å². The number of rotatable bonds is 5. The highest BCUT2D eigenvalue weighted by Gasteiger charge is 2.34. The van der Waals surface area contributed by atoms with Gasteiger partial charge in [-0.05, 0) is 32.1 Å². The maximum Gasteiger partial charge on any atom is 0.248 e. The van der Waals surface area contributed by atoms with Gasteiger partial charge in [-0.1, -0.05) is 0 Å². The molecule has 0 radical (unpaired) electrons. The van der Waals surface area contributed by atoms with Crippen LogP contribution in [0.3, 0.4) is 0 Å². The van der Waals surface area contributed by atoms with E-state index in [1.54, 1.807) is 7.05 Å². The number of halogens is 1. The zero-order chi connectivity index (χ0) is 16.0. The quantitative estimate of drug-likeness (QED) is 0.326. The molecule has 3 N–H and O–H groups in total. The lowest BCUT2D eigenvalue weighted by atomic mass is 9.80. The average Bonchev–Trinajstić information content (AvgIpc) is 2.50. The Bertz CT molecular complexity index is 408. The molecule has 23 heavy (non-hydrogen) atoms. The number of ether oxygens (including phenoxy) is 1. The van der Waals surface area contributed by atoms with Crippen LogP contribution in [0.1, 0.15) is 32.1 Å². The van der Waals surface area contributed by atoms with Crippen molar-refractivity contribution in [2.24, 2.45) is 4.99 Å². The number of amides is 1. The molecule has 1 aliphatic carbocycles. The number of aliphatic hydroxyl groups is 1. The summed E-state index contributed by atoms with van der Waals surface area (Å²) >= 11 is 0. The smallest absolute Gasteiger partial charge is 0.248 e. The molecule has 0 unspecified atom stereocenters. The lowest BCUT2D eigenvalue weighted by molar-refractivity contribution is -0.136. The number of likely N-dealkylation sites (tertiary alicyclic amines) is 1. The molecule has 2 rings (SSSR count). The molecule has 0 bridgehead atoms. The molecule has 0 atom stereocenters. The van der Waals surface area contributed by atoms with Crippen molar-refractivity contribution in [1.82, 2.24) is 15.5 Å². The van der Waals surface area contributed by atoms with E-state index < -0.39 is 5.60 Å². The van der Waals surface area contributed by atoms with Crippen LogP contribution >= 0.6 is 24.0 Å². The van der Waals surface area contributed by atoms with E-state index in [9.17, 15) is 9.90 Å². The standard InChI is InChI=1S/C15H28N4O3.HI/c1-16-14(17-11-15(21)6-3-7-15)18-12-4-8-19(9-5-12)13(20)10-22-2;/h12,21H,3-11H2,1-2H3,(H2,16,17,18);1H. The molecule has 2 aliphatic rings. The largest absolute Gasteiger partial charge is 0.388 e. The fraction of sp³-hybridized carbons (Fsp3) is 0.867. The van der Waals surface area contributed by atoms with Gasteiger partial charge in [0.1, 0.15) is 6.61 Å². The predicted octanol–water partition coefficient (Wildman–Crippen LogP) is 0.322. The monoisotopic (exact) mass is 440 g/mol. The summed E-state index contributed by atoms with van der Waals surface area (Å²) in [6.45, 7) is 2.17.